The van der Waals surface area contributed by atoms with Crippen molar-refractivity contribution in [3.63, 3.8) is 0 Å². The van der Waals surface area contributed by atoms with Crippen molar-refractivity contribution in [2.45, 2.75) is 6.04 Å². The van der Waals surface area contributed by atoms with Crippen molar-refractivity contribution < 1.29 is 29.1 Å². The Kier molecular flexibility index (Phi) is 5.73. The fourth-order valence-electron chi connectivity index (χ4n) is 4.49. The summed E-state index contributed by atoms with van der Waals surface area (Å²) in [5.41, 5.74) is 0.572. The smallest absolute Gasteiger partial charge is 0.301 e. The molecule has 12 heteroatoms. The van der Waals surface area contributed by atoms with Crippen LogP contribution in [0.2, 0.25) is 5.02 Å². The largest absolute Gasteiger partial charge is 0.507 e. The number of benzene rings is 3. The Balaban J connectivity index is 1.56. The van der Waals surface area contributed by atoms with E-state index in [4.69, 9.17) is 21.1 Å². The van der Waals surface area contributed by atoms with Crippen molar-refractivity contribution in [1.82, 2.24) is 4.98 Å². The van der Waals surface area contributed by atoms with E-state index in [1.165, 1.54) is 24.3 Å². The van der Waals surface area contributed by atoms with E-state index in [9.17, 15) is 24.8 Å². The van der Waals surface area contributed by atoms with Gasteiger partial charge in [0.05, 0.1) is 26.8 Å². The fraction of sp³-hybridized carbons (Fsp3) is 0.115. The lowest BCUT2D eigenvalue weighted by Crippen LogP contribution is -2.29. The number of hydrogen-bond acceptors (Lipinski definition) is 9. The molecule has 10 nitrogen and oxygen atoms in total. The number of ether oxygens (including phenoxy) is 2. The standard InChI is InChI=1S/C26H16ClN3O7S/c27-15-5-6-17-20(12-15)38-26(28-17)29-22(13-2-1-3-16(10-13)30(34)35)21(24(32)25(29)33)23(31)14-4-7-18-19(11-14)37-9-8-36-18/h1-7,10-12,22,31H,8-9H2/b23-21+. The van der Waals surface area contributed by atoms with Crippen LogP contribution in [0.4, 0.5) is 10.8 Å². The van der Waals surface area contributed by atoms with Gasteiger partial charge in [-0.2, -0.15) is 0 Å². The number of aromatic nitrogens is 1. The predicted molar refractivity (Wildman–Crippen MR) is 140 cm³/mol. The summed E-state index contributed by atoms with van der Waals surface area (Å²) in [6.45, 7) is 0.695. The second-order valence-electron chi connectivity index (χ2n) is 8.49. The topological polar surface area (TPSA) is 132 Å². The van der Waals surface area contributed by atoms with Crippen molar-refractivity contribution in [3.05, 3.63) is 92.5 Å². The van der Waals surface area contributed by atoms with E-state index in [2.05, 4.69) is 4.98 Å². The van der Waals surface area contributed by atoms with Crippen LogP contribution in [0.1, 0.15) is 17.2 Å². The zero-order valence-corrected chi connectivity index (χ0v) is 20.9. The number of halogens is 1. The van der Waals surface area contributed by atoms with Gasteiger partial charge in [0.25, 0.3) is 11.5 Å². The molecule has 2 aliphatic heterocycles. The van der Waals surface area contributed by atoms with E-state index in [0.29, 0.717) is 40.0 Å². The van der Waals surface area contributed by atoms with Gasteiger partial charge in [0, 0.05) is 22.7 Å². The highest BCUT2D eigenvalue weighted by Crippen LogP contribution is 2.45. The van der Waals surface area contributed by atoms with Crippen LogP contribution in [0.15, 0.2) is 66.2 Å². The monoisotopic (exact) mass is 549 g/mol. The first kappa shape index (κ1) is 23.9. The van der Waals surface area contributed by atoms with Crippen LogP contribution < -0.4 is 14.4 Å². The lowest BCUT2D eigenvalue weighted by Gasteiger charge is -2.23. The molecule has 1 fully saturated rings. The molecule has 1 atom stereocenters. The van der Waals surface area contributed by atoms with Gasteiger partial charge in [0.2, 0.25) is 0 Å². The normalized spacial score (nSPS) is 18.2. The van der Waals surface area contributed by atoms with Crippen molar-refractivity contribution in [1.29, 1.82) is 0 Å². The number of carbonyl (C=O) groups is 2. The Labute approximate surface area is 223 Å². The van der Waals surface area contributed by atoms with E-state index in [1.807, 2.05) is 0 Å². The second kappa shape index (κ2) is 9.12. The van der Waals surface area contributed by atoms with Gasteiger partial charge in [-0.25, -0.2) is 4.98 Å². The summed E-state index contributed by atoms with van der Waals surface area (Å²) in [7, 11) is 0. The molecular formula is C26H16ClN3O7S. The Morgan fingerprint density at radius 1 is 1.08 bits per heavy atom. The van der Waals surface area contributed by atoms with E-state index in [0.717, 1.165) is 16.2 Å². The molecule has 190 valence electrons. The van der Waals surface area contributed by atoms with Gasteiger partial charge in [0.1, 0.15) is 19.0 Å². The number of rotatable bonds is 4. The van der Waals surface area contributed by atoms with Gasteiger partial charge >= 0.3 is 5.91 Å². The van der Waals surface area contributed by atoms with Crippen LogP contribution in [-0.2, 0) is 9.59 Å². The van der Waals surface area contributed by atoms with Crippen molar-refractivity contribution in [2.75, 3.05) is 18.1 Å². The van der Waals surface area contributed by atoms with Crippen LogP contribution in [0.5, 0.6) is 11.5 Å². The molecule has 2 aliphatic rings. The van der Waals surface area contributed by atoms with E-state index < -0.39 is 28.4 Å². The van der Waals surface area contributed by atoms with Crippen LogP contribution in [0.25, 0.3) is 16.0 Å². The number of hydrogen-bond donors (Lipinski definition) is 1. The predicted octanol–water partition coefficient (Wildman–Crippen LogP) is 5.26. The summed E-state index contributed by atoms with van der Waals surface area (Å²) >= 11 is 7.25. The van der Waals surface area contributed by atoms with Gasteiger partial charge in [-0.15, -0.1) is 0 Å². The minimum atomic E-state index is -1.18. The maximum absolute atomic E-state index is 13.4. The first-order valence-corrected chi connectivity index (χ1v) is 12.5. The highest BCUT2D eigenvalue weighted by atomic mass is 35.5. The molecule has 1 saturated heterocycles. The molecular weight excluding hydrogens is 534 g/mol. The Morgan fingerprint density at radius 3 is 2.66 bits per heavy atom. The number of aliphatic hydroxyl groups excluding tert-OH is 1. The fourth-order valence-corrected chi connectivity index (χ4v) is 5.76. The number of nitrogens with zero attached hydrogens (tertiary/aromatic N) is 3. The molecule has 0 saturated carbocycles. The molecule has 38 heavy (non-hydrogen) atoms. The first-order valence-electron chi connectivity index (χ1n) is 11.3. The number of fused-ring (bicyclic) bond motifs is 2. The van der Waals surface area contributed by atoms with Crippen molar-refractivity contribution in [2.24, 2.45) is 0 Å². The Hall–Kier alpha value is -4.48. The van der Waals surface area contributed by atoms with Crippen LogP contribution in [0, 0.1) is 10.1 Å². The maximum Gasteiger partial charge on any atom is 0.301 e. The third kappa shape index (κ3) is 3.92. The number of non-ortho nitro benzene ring substituents is 1. The minimum absolute atomic E-state index is 0.182. The second-order valence-corrected chi connectivity index (χ2v) is 9.93. The molecule has 0 aliphatic carbocycles. The molecule has 0 spiro atoms. The average Bonchev–Trinajstić information content (AvgIpc) is 3.45. The highest BCUT2D eigenvalue weighted by Gasteiger charge is 2.48. The average molecular weight is 550 g/mol. The van der Waals surface area contributed by atoms with E-state index in [-0.39, 0.29) is 27.5 Å². The molecule has 4 aromatic rings. The van der Waals surface area contributed by atoms with Gasteiger partial charge < -0.3 is 14.6 Å². The number of Topliss-reactive ketones (excluding diaryl/α,β-unsaturated/α-hetero) is 1. The number of carbonyl (C=O) groups excluding carboxylic acids is 2. The quantitative estimate of drug-likeness (QED) is 0.120. The molecule has 1 unspecified atom stereocenters. The summed E-state index contributed by atoms with van der Waals surface area (Å²) in [4.78, 5) is 43.5. The van der Waals surface area contributed by atoms with E-state index >= 15 is 0 Å². The molecule has 3 heterocycles. The number of thiazole rings is 1. The molecule has 1 N–H and O–H groups in total. The van der Waals surface area contributed by atoms with Crippen LogP contribution in [-0.4, -0.2) is 39.9 Å². The summed E-state index contributed by atoms with van der Waals surface area (Å²) in [5, 5.41) is 23.6. The third-order valence-corrected chi connectivity index (χ3v) is 7.45. The molecule has 0 bridgehead atoms. The summed E-state index contributed by atoms with van der Waals surface area (Å²) in [5.74, 6) is -1.47. The van der Waals surface area contributed by atoms with E-state index in [1.54, 1.807) is 36.4 Å². The molecule has 3 aromatic carbocycles. The van der Waals surface area contributed by atoms with Crippen molar-refractivity contribution in [3.8, 4) is 11.5 Å². The highest BCUT2D eigenvalue weighted by molar-refractivity contribution is 7.22. The SMILES string of the molecule is O=C1C(=O)N(c2nc3ccc(Cl)cc3s2)C(c2cccc([N+](=O)[O-])c2)/C1=C(\O)c1ccc2c(c1)OCCO2. The molecule has 6 rings (SSSR count). The zero-order chi connectivity index (χ0) is 26.6. The lowest BCUT2D eigenvalue weighted by molar-refractivity contribution is -0.384. The van der Waals surface area contributed by atoms with Crippen LogP contribution in [0.3, 0.4) is 0 Å². The maximum atomic E-state index is 13.4. The zero-order valence-electron chi connectivity index (χ0n) is 19.3. The van der Waals surface area contributed by atoms with Gasteiger partial charge in [-0.3, -0.25) is 24.6 Å². The van der Waals surface area contributed by atoms with Gasteiger partial charge in [-0.1, -0.05) is 35.1 Å². The van der Waals surface area contributed by atoms with Crippen LogP contribution >= 0.6 is 22.9 Å². The number of nitro groups is 1. The first-order chi connectivity index (χ1) is 18.3. The lowest BCUT2D eigenvalue weighted by atomic mass is 9.95. The summed E-state index contributed by atoms with van der Waals surface area (Å²) in [6, 6.07) is 14.1. The minimum Gasteiger partial charge on any atom is -0.507 e. The number of ketones is 1. The number of nitro benzene ring substituents is 1. The number of amides is 1. The van der Waals surface area contributed by atoms with Gasteiger partial charge in [-0.05, 0) is 42.0 Å². The third-order valence-electron chi connectivity index (χ3n) is 6.20. The molecule has 1 amide bonds. The summed E-state index contributed by atoms with van der Waals surface area (Å²) in [6.07, 6.45) is 0. The Bertz CT molecular complexity index is 1700. The molecule has 0 radical (unpaired) electrons. The molecule has 1 aromatic heterocycles. The van der Waals surface area contributed by atoms with Crippen molar-refractivity contribution >= 4 is 61.4 Å². The summed E-state index contributed by atoms with van der Waals surface area (Å²) < 4.78 is 11.8. The number of anilines is 1. The van der Waals surface area contributed by atoms with Gasteiger partial charge in [0.15, 0.2) is 16.6 Å². The number of aliphatic hydroxyl groups is 1. The Morgan fingerprint density at radius 2 is 1.87 bits per heavy atom.